The van der Waals surface area contributed by atoms with Gasteiger partial charge in [-0.05, 0) is 45.3 Å². The molecule has 0 N–H and O–H groups in total. The monoisotopic (exact) mass is 471 g/mol. The van der Waals surface area contributed by atoms with Gasteiger partial charge in [0, 0.05) is 5.54 Å². The molecule has 0 aliphatic carbocycles. The molecule has 0 radical (unpaired) electrons. The zero-order valence-electron chi connectivity index (χ0n) is 23.9. The Kier molecular flexibility index (Phi) is 19.7. The van der Waals surface area contributed by atoms with Gasteiger partial charge < -0.3 is 0 Å². The topological polar surface area (TPSA) is 3.24 Å². The first kappa shape index (κ1) is 31.2. The Hall–Kier alpha value is -0.820. The third-order valence-corrected chi connectivity index (χ3v) is 7.83. The van der Waals surface area contributed by atoms with E-state index in [1.54, 1.807) is 0 Å². The van der Waals surface area contributed by atoms with Crippen LogP contribution in [-0.4, -0.2) is 18.0 Å². The van der Waals surface area contributed by atoms with Crippen LogP contribution in [0.1, 0.15) is 162 Å². The van der Waals surface area contributed by atoms with Crippen LogP contribution in [0.25, 0.3) is 0 Å². The predicted octanol–water partition coefficient (Wildman–Crippen LogP) is 11.1. The maximum Gasteiger partial charge on any atom is 0.0404 e. The molecule has 34 heavy (non-hydrogen) atoms. The Morgan fingerprint density at radius 3 is 1.15 bits per heavy atom. The van der Waals surface area contributed by atoms with Crippen molar-refractivity contribution >= 4 is 0 Å². The second-order valence-electron chi connectivity index (χ2n) is 11.3. The number of hydrogen-bond donors (Lipinski definition) is 0. The average Bonchev–Trinajstić information content (AvgIpc) is 2.85. The molecule has 0 heterocycles. The quantitative estimate of drug-likeness (QED) is 0.135. The lowest BCUT2D eigenvalue weighted by molar-refractivity contribution is 0.113. The van der Waals surface area contributed by atoms with Crippen LogP contribution in [0.3, 0.4) is 0 Å². The smallest absolute Gasteiger partial charge is 0.0404 e. The molecular formula is C33H61N. The molecule has 0 unspecified atom stereocenters. The first-order chi connectivity index (χ1) is 16.6. The van der Waals surface area contributed by atoms with Gasteiger partial charge in [0.05, 0.1) is 0 Å². The van der Waals surface area contributed by atoms with Crippen LogP contribution in [0.15, 0.2) is 30.3 Å². The van der Waals surface area contributed by atoms with Gasteiger partial charge in [-0.3, -0.25) is 4.90 Å². The highest BCUT2D eigenvalue weighted by molar-refractivity contribution is 5.22. The summed E-state index contributed by atoms with van der Waals surface area (Å²) in [6, 6.07) is 11.2. The van der Waals surface area contributed by atoms with E-state index >= 15 is 0 Å². The van der Waals surface area contributed by atoms with Crippen molar-refractivity contribution in [2.45, 2.75) is 162 Å². The largest absolute Gasteiger partial charge is 0.294 e. The van der Waals surface area contributed by atoms with Crippen molar-refractivity contribution < 1.29 is 0 Å². The molecule has 198 valence electrons. The molecule has 1 aromatic carbocycles. The summed E-state index contributed by atoms with van der Waals surface area (Å²) in [6.45, 7) is 12.0. The van der Waals surface area contributed by atoms with Crippen LogP contribution in [0, 0.1) is 0 Å². The highest BCUT2D eigenvalue weighted by Crippen LogP contribution is 2.29. The standard InChI is InChI=1S/C33H61N/c1-5-7-9-11-13-15-17-19-21-26-30-34(33(3,4)32-28-24-23-25-29-32)31-27-22-20-18-16-14-12-10-8-6-2/h23-25,28-29H,5-22,26-27,30-31H2,1-4H3. The van der Waals surface area contributed by atoms with E-state index in [0.29, 0.717) is 0 Å². The molecular weight excluding hydrogens is 410 g/mol. The SMILES string of the molecule is CCCCCCCCCCCCN(CCCCCCCCCCCC)C(C)(C)c1ccccc1. The lowest BCUT2D eigenvalue weighted by Gasteiger charge is -2.39. The molecule has 1 rings (SSSR count). The highest BCUT2D eigenvalue weighted by Gasteiger charge is 2.27. The van der Waals surface area contributed by atoms with Gasteiger partial charge in [-0.15, -0.1) is 0 Å². The van der Waals surface area contributed by atoms with E-state index in [-0.39, 0.29) is 5.54 Å². The molecule has 0 saturated carbocycles. The molecule has 0 saturated heterocycles. The van der Waals surface area contributed by atoms with Gasteiger partial charge in [0.2, 0.25) is 0 Å². The van der Waals surface area contributed by atoms with Crippen molar-refractivity contribution in [1.29, 1.82) is 0 Å². The first-order valence-electron chi connectivity index (χ1n) is 15.4. The minimum Gasteiger partial charge on any atom is -0.294 e. The second-order valence-corrected chi connectivity index (χ2v) is 11.3. The van der Waals surface area contributed by atoms with E-state index in [4.69, 9.17) is 0 Å². The third-order valence-electron chi connectivity index (χ3n) is 7.83. The molecule has 0 fully saturated rings. The van der Waals surface area contributed by atoms with Gasteiger partial charge in [0.15, 0.2) is 0 Å². The van der Waals surface area contributed by atoms with E-state index in [0.717, 1.165) is 0 Å². The Morgan fingerprint density at radius 2 is 0.794 bits per heavy atom. The van der Waals surface area contributed by atoms with Gasteiger partial charge >= 0.3 is 0 Å². The highest BCUT2D eigenvalue weighted by atomic mass is 15.2. The third kappa shape index (κ3) is 15.2. The van der Waals surface area contributed by atoms with Gasteiger partial charge in [0.25, 0.3) is 0 Å². The summed E-state index contributed by atoms with van der Waals surface area (Å²) in [4.78, 5) is 2.79. The van der Waals surface area contributed by atoms with Crippen LogP contribution in [0.2, 0.25) is 0 Å². The number of hydrogen-bond acceptors (Lipinski definition) is 1. The fraction of sp³-hybridized carbons (Fsp3) is 0.818. The van der Waals surface area contributed by atoms with E-state index in [1.807, 2.05) is 0 Å². The molecule has 1 aromatic rings. The number of unbranched alkanes of at least 4 members (excludes halogenated alkanes) is 18. The summed E-state index contributed by atoms with van der Waals surface area (Å²) in [5.41, 5.74) is 1.59. The Bertz CT molecular complexity index is 511. The fourth-order valence-corrected chi connectivity index (χ4v) is 5.28. The average molecular weight is 472 g/mol. The first-order valence-corrected chi connectivity index (χ1v) is 15.4. The van der Waals surface area contributed by atoms with Gasteiger partial charge in [-0.1, -0.05) is 160 Å². The molecule has 0 aliphatic rings. The Morgan fingerprint density at radius 1 is 0.471 bits per heavy atom. The lowest BCUT2D eigenvalue weighted by atomic mass is 9.91. The maximum absolute atomic E-state index is 2.79. The summed E-state index contributed by atoms with van der Waals surface area (Å²) in [5, 5.41) is 0. The summed E-state index contributed by atoms with van der Waals surface area (Å²) in [5.74, 6) is 0. The summed E-state index contributed by atoms with van der Waals surface area (Å²) in [6.07, 6.45) is 28.4. The Labute approximate surface area is 215 Å². The van der Waals surface area contributed by atoms with Crippen molar-refractivity contribution in [3.63, 3.8) is 0 Å². The summed E-state index contributed by atoms with van der Waals surface area (Å²) < 4.78 is 0. The fourth-order valence-electron chi connectivity index (χ4n) is 5.28. The minimum absolute atomic E-state index is 0.125. The normalized spacial score (nSPS) is 12.0. The van der Waals surface area contributed by atoms with Crippen LogP contribution < -0.4 is 0 Å². The minimum atomic E-state index is 0.125. The molecule has 0 bridgehead atoms. The molecule has 0 atom stereocenters. The van der Waals surface area contributed by atoms with Crippen LogP contribution in [-0.2, 0) is 5.54 Å². The molecule has 0 aromatic heterocycles. The number of rotatable bonds is 24. The van der Waals surface area contributed by atoms with Crippen molar-refractivity contribution in [3.8, 4) is 0 Å². The summed E-state index contributed by atoms with van der Waals surface area (Å²) in [7, 11) is 0. The zero-order chi connectivity index (χ0) is 24.7. The molecule has 1 heteroatoms. The van der Waals surface area contributed by atoms with E-state index < -0.39 is 0 Å². The number of benzene rings is 1. The molecule has 0 spiro atoms. The second kappa shape index (κ2) is 21.5. The van der Waals surface area contributed by atoms with Crippen molar-refractivity contribution in [1.82, 2.24) is 4.90 Å². The van der Waals surface area contributed by atoms with Gasteiger partial charge in [-0.2, -0.15) is 0 Å². The van der Waals surface area contributed by atoms with Crippen molar-refractivity contribution in [2.24, 2.45) is 0 Å². The van der Waals surface area contributed by atoms with Crippen molar-refractivity contribution in [3.05, 3.63) is 35.9 Å². The number of nitrogens with zero attached hydrogens (tertiary/aromatic N) is 1. The van der Waals surface area contributed by atoms with E-state index in [2.05, 4.69) is 62.9 Å². The van der Waals surface area contributed by atoms with Crippen LogP contribution in [0.4, 0.5) is 0 Å². The predicted molar refractivity (Wildman–Crippen MR) is 155 cm³/mol. The zero-order valence-corrected chi connectivity index (χ0v) is 23.9. The molecule has 0 amide bonds. The molecule has 1 nitrogen and oxygen atoms in total. The molecule has 0 aliphatic heterocycles. The van der Waals surface area contributed by atoms with E-state index in [9.17, 15) is 0 Å². The van der Waals surface area contributed by atoms with Gasteiger partial charge in [0.1, 0.15) is 0 Å². The summed E-state index contributed by atoms with van der Waals surface area (Å²) >= 11 is 0. The van der Waals surface area contributed by atoms with Crippen LogP contribution in [0.5, 0.6) is 0 Å². The maximum atomic E-state index is 2.79. The van der Waals surface area contributed by atoms with Crippen molar-refractivity contribution in [2.75, 3.05) is 13.1 Å². The van der Waals surface area contributed by atoms with Gasteiger partial charge in [-0.25, -0.2) is 0 Å². The van der Waals surface area contributed by atoms with E-state index in [1.165, 1.54) is 147 Å². The lowest BCUT2D eigenvalue weighted by Crippen LogP contribution is -2.42. The Balaban J connectivity index is 2.31. The van der Waals surface area contributed by atoms with Crippen LogP contribution >= 0.6 is 0 Å².